The SMILES string of the molecule is CN(C)Cc1cc(-c2cccc3cc(C(O)C4CCCCC4)ccc23)cnc1C=O. The fourth-order valence-corrected chi connectivity index (χ4v) is 4.70. The lowest BCUT2D eigenvalue weighted by atomic mass is 9.82. The predicted octanol–water partition coefficient (Wildman–Crippen LogP) is 5.39. The summed E-state index contributed by atoms with van der Waals surface area (Å²) < 4.78 is 0. The minimum atomic E-state index is -0.390. The minimum absolute atomic E-state index is 0.369. The first kappa shape index (κ1) is 20.7. The summed E-state index contributed by atoms with van der Waals surface area (Å²) >= 11 is 0. The van der Waals surface area contributed by atoms with Gasteiger partial charge in [0.2, 0.25) is 0 Å². The molecule has 1 atom stereocenters. The number of rotatable bonds is 6. The Morgan fingerprint density at radius 1 is 1.13 bits per heavy atom. The molecule has 0 spiro atoms. The van der Waals surface area contributed by atoms with Crippen LogP contribution in [0.1, 0.15) is 59.8 Å². The maximum absolute atomic E-state index is 11.4. The Hall–Kier alpha value is -2.56. The predicted molar refractivity (Wildman–Crippen MR) is 121 cm³/mol. The second-order valence-electron chi connectivity index (χ2n) is 8.75. The van der Waals surface area contributed by atoms with Gasteiger partial charge in [-0.25, -0.2) is 0 Å². The Kier molecular flexibility index (Phi) is 6.26. The summed E-state index contributed by atoms with van der Waals surface area (Å²) in [5.74, 6) is 0.369. The molecule has 1 fully saturated rings. The zero-order chi connectivity index (χ0) is 21.1. The molecule has 1 saturated carbocycles. The maximum atomic E-state index is 11.4. The molecular formula is C26H30N2O2. The molecule has 1 heterocycles. The zero-order valence-electron chi connectivity index (χ0n) is 17.8. The number of aliphatic hydroxyl groups is 1. The van der Waals surface area contributed by atoms with Crippen LogP contribution in [0.3, 0.4) is 0 Å². The van der Waals surface area contributed by atoms with Crippen molar-refractivity contribution in [2.45, 2.75) is 44.8 Å². The van der Waals surface area contributed by atoms with E-state index in [0.29, 0.717) is 18.2 Å². The fraction of sp³-hybridized carbons (Fsp3) is 0.385. The molecule has 1 aliphatic rings. The number of aldehydes is 1. The largest absolute Gasteiger partial charge is 0.388 e. The van der Waals surface area contributed by atoms with E-state index in [0.717, 1.165) is 52.2 Å². The lowest BCUT2D eigenvalue weighted by Crippen LogP contribution is -2.15. The van der Waals surface area contributed by atoms with E-state index in [-0.39, 0.29) is 0 Å². The topological polar surface area (TPSA) is 53.4 Å². The number of fused-ring (bicyclic) bond motifs is 1. The van der Waals surface area contributed by atoms with Crippen LogP contribution in [0.25, 0.3) is 21.9 Å². The first-order valence-electron chi connectivity index (χ1n) is 10.9. The summed E-state index contributed by atoms with van der Waals surface area (Å²) in [5.41, 5.74) is 4.52. The van der Waals surface area contributed by atoms with Gasteiger partial charge in [-0.05, 0) is 72.5 Å². The molecule has 1 aliphatic carbocycles. The third-order valence-corrected chi connectivity index (χ3v) is 6.25. The molecule has 0 aliphatic heterocycles. The molecule has 0 bridgehead atoms. The van der Waals surface area contributed by atoms with Crippen LogP contribution in [0.4, 0.5) is 0 Å². The Labute approximate surface area is 178 Å². The average Bonchev–Trinajstić information content (AvgIpc) is 2.78. The van der Waals surface area contributed by atoms with Crippen LogP contribution in [0.2, 0.25) is 0 Å². The maximum Gasteiger partial charge on any atom is 0.168 e. The van der Waals surface area contributed by atoms with E-state index in [1.54, 1.807) is 6.20 Å². The highest BCUT2D eigenvalue weighted by Crippen LogP contribution is 2.36. The molecule has 1 N–H and O–H groups in total. The van der Waals surface area contributed by atoms with Crippen molar-refractivity contribution in [3.63, 3.8) is 0 Å². The number of aromatic nitrogens is 1. The van der Waals surface area contributed by atoms with Gasteiger partial charge in [0, 0.05) is 18.3 Å². The summed E-state index contributed by atoms with van der Waals surface area (Å²) in [6.07, 6.45) is 8.17. The number of aliphatic hydroxyl groups excluding tert-OH is 1. The lowest BCUT2D eigenvalue weighted by molar-refractivity contribution is 0.0849. The van der Waals surface area contributed by atoms with Gasteiger partial charge in [-0.3, -0.25) is 9.78 Å². The molecule has 4 rings (SSSR count). The van der Waals surface area contributed by atoms with Crippen molar-refractivity contribution in [2.24, 2.45) is 5.92 Å². The number of hydrogen-bond acceptors (Lipinski definition) is 4. The zero-order valence-corrected chi connectivity index (χ0v) is 17.8. The first-order chi connectivity index (χ1) is 14.6. The summed E-state index contributed by atoms with van der Waals surface area (Å²) in [7, 11) is 3.97. The number of pyridine rings is 1. The molecule has 4 nitrogen and oxygen atoms in total. The number of carbonyl (C=O) groups excluding carboxylic acids is 1. The van der Waals surface area contributed by atoms with Gasteiger partial charge < -0.3 is 10.0 Å². The van der Waals surface area contributed by atoms with Gasteiger partial charge in [0.15, 0.2) is 6.29 Å². The number of benzene rings is 2. The molecule has 2 aromatic carbocycles. The standard InChI is InChI=1S/C26H30N2O2/c1-28(2)16-22-14-21(15-27-25(22)17-29)23-10-6-9-19-13-20(11-12-24(19)23)26(30)18-7-4-3-5-8-18/h6,9-15,17-18,26,30H,3-5,7-8,16H2,1-2H3. The lowest BCUT2D eigenvalue weighted by Gasteiger charge is -2.27. The van der Waals surface area contributed by atoms with Crippen LogP contribution in [0, 0.1) is 5.92 Å². The van der Waals surface area contributed by atoms with Gasteiger partial charge in [0.25, 0.3) is 0 Å². The van der Waals surface area contributed by atoms with Crippen molar-refractivity contribution < 1.29 is 9.90 Å². The second kappa shape index (κ2) is 9.07. The highest BCUT2D eigenvalue weighted by atomic mass is 16.3. The summed E-state index contributed by atoms with van der Waals surface area (Å²) in [6, 6.07) is 14.6. The van der Waals surface area contributed by atoms with Crippen LogP contribution in [0.15, 0.2) is 48.7 Å². The normalized spacial score (nSPS) is 16.1. The summed E-state index contributed by atoms with van der Waals surface area (Å²) in [4.78, 5) is 17.8. The quantitative estimate of drug-likeness (QED) is 0.562. The van der Waals surface area contributed by atoms with Gasteiger partial charge >= 0.3 is 0 Å². The molecular weight excluding hydrogens is 372 g/mol. The van der Waals surface area contributed by atoms with Crippen LogP contribution in [-0.4, -0.2) is 35.4 Å². The van der Waals surface area contributed by atoms with Crippen molar-refractivity contribution in [3.8, 4) is 11.1 Å². The van der Waals surface area contributed by atoms with Crippen molar-refractivity contribution in [2.75, 3.05) is 14.1 Å². The van der Waals surface area contributed by atoms with E-state index in [2.05, 4.69) is 41.4 Å². The van der Waals surface area contributed by atoms with Crippen molar-refractivity contribution in [3.05, 3.63) is 65.5 Å². The van der Waals surface area contributed by atoms with Crippen LogP contribution in [-0.2, 0) is 6.54 Å². The Balaban J connectivity index is 1.71. The molecule has 0 amide bonds. The molecule has 156 valence electrons. The number of hydrogen-bond donors (Lipinski definition) is 1. The van der Waals surface area contributed by atoms with Crippen molar-refractivity contribution >= 4 is 17.1 Å². The molecule has 1 unspecified atom stereocenters. The molecule has 0 radical (unpaired) electrons. The van der Waals surface area contributed by atoms with Crippen molar-refractivity contribution in [1.29, 1.82) is 0 Å². The summed E-state index contributed by atoms with van der Waals surface area (Å²) in [6.45, 7) is 0.664. The van der Waals surface area contributed by atoms with E-state index in [1.165, 1.54) is 19.3 Å². The highest BCUT2D eigenvalue weighted by molar-refractivity contribution is 5.97. The third-order valence-electron chi connectivity index (χ3n) is 6.25. The molecule has 1 aromatic heterocycles. The van der Waals surface area contributed by atoms with Crippen LogP contribution >= 0.6 is 0 Å². The van der Waals surface area contributed by atoms with Gasteiger partial charge in [-0.2, -0.15) is 0 Å². The Morgan fingerprint density at radius 2 is 1.93 bits per heavy atom. The van der Waals surface area contributed by atoms with E-state index in [4.69, 9.17) is 0 Å². The molecule has 30 heavy (non-hydrogen) atoms. The fourth-order valence-electron chi connectivity index (χ4n) is 4.70. The highest BCUT2D eigenvalue weighted by Gasteiger charge is 2.23. The summed E-state index contributed by atoms with van der Waals surface area (Å²) in [5, 5.41) is 13.2. The minimum Gasteiger partial charge on any atom is -0.388 e. The number of carbonyl (C=O) groups is 1. The van der Waals surface area contributed by atoms with Gasteiger partial charge in [-0.15, -0.1) is 0 Å². The van der Waals surface area contributed by atoms with E-state index in [1.807, 2.05) is 25.1 Å². The molecule has 3 aromatic rings. The van der Waals surface area contributed by atoms with E-state index < -0.39 is 6.10 Å². The second-order valence-corrected chi connectivity index (χ2v) is 8.75. The smallest absolute Gasteiger partial charge is 0.168 e. The van der Waals surface area contributed by atoms with E-state index >= 15 is 0 Å². The first-order valence-corrected chi connectivity index (χ1v) is 10.9. The Bertz CT molecular complexity index is 1040. The van der Waals surface area contributed by atoms with Crippen LogP contribution in [0.5, 0.6) is 0 Å². The Morgan fingerprint density at radius 3 is 2.67 bits per heavy atom. The van der Waals surface area contributed by atoms with Gasteiger partial charge in [0.1, 0.15) is 5.69 Å². The molecule has 4 heteroatoms. The monoisotopic (exact) mass is 402 g/mol. The van der Waals surface area contributed by atoms with Crippen molar-refractivity contribution in [1.82, 2.24) is 9.88 Å². The van der Waals surface area contributed by atoms with Gasteiger partial charge in [0.05, 0.1) is 6.10 Å². The number of nitrogens with zero attached hydrogens (tertiary/aromatic N) is 2. The molecule has 0 saturated heterocycles. The van der Waals surface area contributed by atoms with Gasteiger partial charge in [-0.1, -0.05) is 49.6 Å². The van der Waals surface area contributed by atoms with Crippen LogP contribution < -0.4 is 0 Å². The third kappa shape index (κ3) is 4.30. The average molecular weight is 403 g/mol. The van der Waals surface area contributed by atoms with E-state index in [9.17, 15) is 9.90 Å².